The van der Waals surface area contributed by atoms with Gasteiger partial charge in [-0.3, -0.25) is 0 Å². The molecule has 5 nitrogen and oxygen atoms in total. The van der Waals surface area contributed by atoms with Crippen LogP contribution in [-0.2, 0) is 19.1 Å². The first-order chi connectivity index (χ1) is 10.9. The number of carbonyl (C=O) groups is 2. The molecule has 128 valence electrons. The van der Waals surface area contributed by atoms with Crippen molar-refractivity contribution in [1.82, 2.24) is 0 Å². The Morgan fingerprint density at radius 1 is 1.09 bits per heavy atom. The minimum absolute atomic E-state index is 0.0701. The summed E-state index contributed by atoms with van der Waals surface area (Å²) in [6.07, 6.45) is 1.79. The molecule has 0 aromatic heterocycles. The van der Waals surface area contributed by atoms with Gasteiger partial charge in [0.1, 0.15) is 13.2 Å². The Bertz CT molecular complexity index is 511. The molecular formula is C16H20Cl2O5. The minimum atomic E-state index is -0.701. The summed E-state index contributed by atoms with van der Waals surface area (Å²) in [7, 11) is 0. The number of carbonyl (C=O) groups excluding carboxylic acids is 2. The summed E-state index contributed by atoms with van der Waals surface area (Å²) in [6, 6.07) is 4.73. The van der Waals surface area contributed by atoms with Gasteiger partial charge in [0.25, 0.3) is 0 Å². The fraction of sp³-hybridized carbons (Fsp3) is 0.500. The van der Waals surface area contributed by atoms with Gasteiger partial charge in [-0.25, -0.2) is 9.59 Å². The van der Waals surface area contributed by atoms with E-state index < -0.39 is 18.5 Å². The molecule has 0 amide bonds. The summed E-state index contributed by atoms with van der Waals surface area (Å²) in [6.45, 7) is 3.83. The fourth-order valence-electron chi connectivity index (χ4n) is 1.66. The zero-order valence-electron chi connectivity index (χ0n) is 13.1. The maximum atomic E-state index is 11.6. The van der Waals surface area contributed by atoms with Crippen LogP contribution in [0.5, 0.6) is 5.75 Å². The van der Waals surface area contributed by atoms with Crippen LogP contribution >= 0.6 is 23.2 Å². The second-order valence-corrected chi connectivity index (χ2v) is 6.09. The standard InChI is InChI=1S/C16H20Cl2O5/c1-11(2)5-4-8-22-14(19)9-21-10-15(20)23-16-12(17)6-3-7-13(16)18/h3,6-7,11H,4-5,8-10H2,1-2H3. The Hall–Kier alpha value is -1.30. The van der Waals surface area contributed by atoms with Crippen molar-refractivity contribution in [2.24, 2.45) is 5.92 Å². The van der Waals surface area contributed by atoms with Crippen molar-refractivity contribution in [3.63, 3.8) is 0 Å². The lowest BCUT2D eigenvalue weighted by Crippen LogP contribution is -2.20. The number of halogens is 2. The van der Waals surface area contributed by atoms with E-state index in [0.717, 1.165) is 12.8 Å². The van der Waals surface area contributed by atoms with Gasteiger partial charge in [0.05, 0.1) is 16.7 Å². The van der Waals surface area contributed by atoms with Crippen molar-refractivity contribution in [2.75, 3.05) is 19.8 Å². The molecule has 0 bridgehead atoms. The zero-order chi connectivity index (χ0) is 17.2. The maximum absolute atomic E-state index is 11.6. The van der Waals surface area contributed by atoms with Crippen LogP contribution in [0.15, 0.2) is 18.2 Å². The number of ether oxygens (including phenoxy) is 3. The molecule has 0 N–H and O–H groups in total. The Balaban J connectivity index is 2.22. The van der Waals surface area contributed by atoms with Crippen molar-refractivity contribution in [2.45, 2.75) is 26.7 Å². The third-order valence-corrected chi connectivity index (χ3v) is 3.36. The monoisotopic (exact) mass is 362 g/mol. The van der Waals surface area contributed by atoms with Crippen LogP contribution in [0.25, 0.3) is 0 Å². The first-order valence-electron chi connectivity index (χ1n) is 7.28. The lowest BCUT2D eigenvalue weighted by Gasteiger charge is -2.09. The molecule has 0 unspecified atom stereocenters. The van der Waals surface area contributed by atoms with Gasteiger partial charge < -0.3 is 14.2 Å². The SMILES string of the molecule is CC(C)CCCOC(=O)COCC(=O)Oc1c(Cl)cccc1Cl. The van der Waals surface area contributed by atoms with Crippen LogP contribution in [0.3, 0.4) is 0 Å². The van der Waals surface area contributed by atoms with Gasteiger partial charge >= 0.3 is 11.9 Å². The molecule has 0 heterocycles. The van der Waals surface area contributed by atoms with Gasteiger partial charge in [-0.1, -0.05) is 43.1 Å². The van der Waals surface area contributed by atoms with E-state index in [9.17, 15) is 9.59 Å². The van der Waals surface area contributed by atoms with E-state index in [2.05, 4.69) is 13.8 Å². The molecule has 0 aliphatic rings. The molecule has 0 saturated carbocycles. The summed E-state index contributed by atoms with van der Waals surface area (Å²) in [5, 5.41) is 0.436. The summed E-state index contributed by atoms with van der Waals surface area (Å²) >= 11 is 11.7. The van der Waals surface area contributed by atoms with E-state index in [1.165, 1.54) is 0 Å². The molecule has 0 spiro atoms. The molecule has 1 rings (SSSR count). The minimum Gasteiger partial charge on any atom is -0.464 e. The lowest BCUT2D eigenvalue weighted by atomic mass is 10.1. The van der Waals surface area contributed by atoms with Crippen LogP contribution in [0.2, 0.25) is 10.0 Å². The van der Waals surface area contributed by atoms with E-state index in [-0.39, 0.29) is 22.4 Å². The molecule has 0 fully saturated rings. The average molecular weight is 363 g/mol. The highest BCUT2D eigenvalue weighted by molar-refractivity contribution is 6.37. The van der Waals surface area contributed by atoms with Crippen molar-refractivity contribution in [3.05, 3.63) is 28.2 Å². The van der Waals surface area contributed by atoms with Crippen molar-refractivity contribution in [1.29, 1.82) is 0 Å². The number of esters is 2. The van der Waals surface area contributed by atoms with Gasteiger partial charge in [0.2, 0.25) is 0 Å². The molecule has 23 heavy (non-hydrogen) atoms. The van der Waals surface area contributed by atoms with Crippen LogP contribution < -0.4 is 4.74 Å². The quantitative estimate of drug-likeness (QED) is 0.378. The summed E-state index contributed by atoms with van der Waals surface area (Å²) in [4.78, 5) is 23.0. The normalized spacial score (nSPS) is 10.7. The molecule has 1 aromatic carbocycles. The molecule has 1 aromatic rings. The van der Waals surface area contributed by atoms with Crippen molar-refractivity contribution in [3.8, 4) is 5.75 Å². The largest absolute Gasteiger partial charge is 0.464 e. The van der Waals surface area contributed by atoms with Crippen molar-refractivity contribution >= 4 is 35.1 Å². The Kier molecular flexibility index (Phi) is 8.99. The smallest absolute Gasteiger partial charge is 0.337 e. The zero-order valence-corrected chi connectivity index (χ0v) is 14.7. The van der Waals surface area contributed by atoms with Gasteiger partial charge in [0.15, 0.2) is 5.75 Å². The summed E-state index contributed by atoms with van der Waals surface area (Å²) in [5.74, 6) is -0.581. The average Bonchev–Trinajstić information content (AvgIpc) is 2.47. The molecule has 0 radical (unpaired) electrons. The van der Waals surface area contributed by atoms with E-state index in [4.69, 9.17) is 37.4 Å². The third-order valence-electron chi connectivity index (χ3n) is 2.76. The second kappa shape index (κ2) is 10.5. The van der Waals surface area contributed by atoms with Gasteiger partial charge in [-0.05, 0) is 30.9 Å². The summed E-state index contributed by atoms with van der Waals surface area (Å²) < 4.78 is 14.9. The molecular weight excluding hydrogens is 343 g/mol. The molecule has 0 aliphatic carbocycles. The third kappa shape index (κ3) is 8.21. The highest BCUT2D eigenvalue weighted by atomic mass is 35.5. The first kappa shape index (κ1) is 19.7. The number of hydrogen-bond acceptors (Lipinski definition) is 5. The maximum Gasteiger partial charge on any atom is 0.337 e. The molecule has 7 heteroatoms. The number of hydrogen-bond donors (Lipinski definition) is 0. The predicted octanol–water partition coefficient (Wildman–Crippen LogP) is 3.89. The van der Waals surface area contributed by atoms with Gasteiger partial charge in [-0.2, -0.15) is 0 Å². The van der Waals surface area contributed by atoms with E-state index >= 15 is 0 Å². The number of para-hydroxylation sites is 1. The topological polar surface area (TPSA) is 61.8 Å². The van der Waals surface area contributed by atoms with E-state index in [1.807, 2.05) is 0 Å². The molecule has 0 aliphatic heterocycles. The van der Waals surface area contributed by atoms with E-state index in [0.29, 0.717) is 12.5 Å². The first-order valence-corrected chi connectivity index (χ1v) is 8.03. The van der Waals surface area contributed by atoms with Crippen molar-refractivity contribution < 1.29 is 23.8 Å². The number of rotatable bonds is 9. The Morgan fingerprint density at radius 3 is 2.30 bits per heavy atom. The lowest BCUT2D eigenvalue weighted by molar-refractivity contribution is -0.152. The van der Waals surface area contributed by atoms with Crippen LogP contribution in [0.4, 0.5) is 0 Å². The highest BCUT2D eigenvalue weighted by Crippen LogP contribution is 2.32. The second-order valence-electron chi connectivity index (χ2n) is 5.27. The van der Waals surface area contributed by atoms with Gasteiger partial charge in [-0.15, -0.1) is 0 Å². The van der Waals surface area contributed by atoms with E-state index in [1.54, 1.807) is 18.2 Å². The van der Waals surface area contributed by atoms with Crippen LogP contribution in [0.1, 0.15) is 26.7 Å². The number of benzene rings is 1. The fourth-order valence-corrected chi connectivity index (χ4v) is 2.13. The Morgan fingerprint density at radius 2 is 1.70 bits per heavy atom. The van der Waals surface area contributed by atoms with Gasteiger partial charge in [0, 0.05) is 0 Å². The molecule has 0 saturated heterocycles. The predicted molar refractivity (Wildman–Crippen MR) is 87.9 cm³/mol. The highest BCUT2D eigenvalue weighted by Gasteiger charge is 2.13. The van der Waals surface area contributed by atoms with Crippen LogP contribution in [0, 0.1) is 5.92 Å². The molecule has 0 atom stereocenters. The Labute approximate surface area is 145 Å². The summed E-state index contributed by atoms with van der Waals surface area (Å²) in [5.41, 5.74) is 0. The van der Waals surface area contributed by atoms with Crippen LogP contribution in [-0.4, -0.2) is 31.8 Å².